The molecule has 5 nitrogen and oxygen atoms in total. The zero-order chi connectivity index (χ0) is 20.5. The third kappa shape index (κ3) is 5.02. The quantitative estimate of drug-likeness (QED) is 0.762. The van der Waals surface area contributed by atoms with Gasteiger partial charge in [-0.2, -0.15) is 0 Å². The first-order valence-corrected chi connectivity index (χ1v) is 8.45. The van der Waals surface area contributed by atoms with Crippen molar-refractivity contribution >= 4 is 12.1 Å². The monoisotopic (exact) mass is 385 g/mol. The lowest BCUT2D eigenvalue weighted by Gasteiger charge is -2.34. The first-order valence-electron chi connectivity index (χ1n) is 8.45. The predicted octanol–water partition coefficient (Wildman–Crippen LogP) is 4.28. The summed E-state index contributed by atoms with van der Waals surface area (Å²) in [5.74, 6) is -5.40. The van der Waals surface area contributed by atoms with Gasteiger partial charge in [-0.15, -0.1) is 0 Å². The van der Waals surface area contributed by atoms with Gasteiger partial charge in [0.2, 0.25) is 0 Å². The molecule has 1 aliphatic carbocycles. The van der Waals surface area contributed by atoms with Crippen molar-refractivity contribution in [1.29, 1.82) is 0 Å². The van der Waals surface area contributed by atoms with Crippen LogP contribution in [-0.2, 0) is 9.53 Å². The highest BCUT2D eigenvalue weighted by atomic mass is 19.2. The first kappa shape index (κ1) is 20.8. The maximum atomic E-state index is 14.3. The zero-order valence-corrected chi connectivity index (χ0v) is 15.5. The summed E-state index contributed by atoms with van der Waals surface area (Å²) in [5, 5.41) is 11.9. The zero-order valence-electron chi connectivity index (χ0n) is 15.5. The Morgan fingerprint density at radius 2 is 1.70 bits per heavy atom. The van der Waals surface area contributed by atoms with Crippen LogP contribution in [0.25, 0.3) is 0 Å². The maximum Gasteiger partial charge on any atom is 0.407 e. The molecule has 0 fully saturated rings. The summed E-state index contributed by atoms with van der Waals surface area (Å²) in [6.45, 7) is 6.56. The molecule has 0 aliphatic heterocycles. The SMILES string of the molecule is CC1=C(C(=O)O)C[C@@H](NC(=O)OC(C)(C)C)[C@H](c2cc(F)c(F)cc2F)C1. The van der Waals surface area contributed by atoms with Gasteiger partial charge in [0.15, 0.2) is 11.6 Å². The minimum atomic E-state index is -1.32. The van der Waals surface area contributed by atoms with Crippen LogP contribution in [0, 0.1) is 17.5 Å². The number of carboxylic acids is 1. The molecular formula is C19H22F3NO4. The van der Waals surface area contributed by atoms with Crippen molar-refractivity contribution in [3.05, 3.63) is 46.3 Å². The molecule has 2 atom stereocenters. The van der Waals surface area contributed by atoms with Gasteiger partial charge in [-0.05, 0) is 45.7 Å². The van der Waals surface area contributed by atoms with E-state index in [9.17, 15) is 27.9 Å². The number of hydrogen-bond donors (Lipinski definition) is 2. The molecule has 0 spiro atoms. The van der Waals surface area contributed by atoms with Crippen LogP contribution in [0.5, 0.6) is 0 Å². The van der Waals surface area contributed by atoms with Gasteiger partial charge in [0, 0.05) is 30.0 Å². The Kier molecular flexibility index (Phi) is 5.87. The number of amides is 1. The molecule has 0 heterocycles. The molecule has 1 aliphatic rings. The average Bonchev–Trinajstić information content (AvgIpc) is 2.50. The maximum absolute atomic E-state index is 14.3. The van der Waals surface area contributed by atoms with E-state index in [4.69, 9.17) is 4.74 Å². The predicted molar refractivity (Wildman–Crippen MR) is 91.8 cm³/mol. The van der Waals surface area contributed by atoms with Crippen molar-refractivity contribution in [3.63, 3.8) is 0 Å². The molecule has 27 heavy (non-hydrogen) atoms. The molecule has 0 unspecified atom stereocenters. The highest BCUT2D eigenvalue weighted by Gasteiger charge is 2.36. The number of aliphatic carboxylic acids is 1. The van der Waals surface area contributed by atoms with Crippen molar-refractivity contribution in [2.24, 2.45) is 0 Å². The van der Waals surface area contributed by atoms with Gasteiger partial charge in [0.05, 0.1) is 0 Å². The van der Waals surface area contributed by atoms with Crippen LogP contribution in [0.3, 0.4) is 0 Å². The lowest BCUT2D eigenvalue weighted by Crippen LogP contribution is -2.44. The van der Waals surface area contributed by atoms with Gasteiger partial charge in [-0.1, -0.05) is 5.57 Å². The molecule has 1 aromatic rings. The Balaban J connectivity index is 2.41. The number of hydrogen-bond acceptors (Lipinski definition) is 3. The van der Waals surface area contributed by atoms with Crippen molar-refractivity contribution in [1.82, 2.24) is 5.32 Å². The van der Waals surface area contributed by atoms with E-state index in [0.29, 0.717) is 11.6 Å². The third-order valence-electron chi connectivity index (χ3n) is 4.35. The van der Waals surface area contributed by atoms with Crippen LogP contribution < -0.4 is 5.32 Å². The first-order chi connectivity index (χ1) is 12.4. The summed E-state index contributed by atoms with van der Waals surface area (Å²) in [4.78, 5) is 23.6. The van der Waals surface area contributed by atoms with Gasteiger partial charge in [-0.3, -0.25) is 0 Å². The van der Waals surface area contributed by atoms with Crippen LogP contribution in [0.1, 0.15) is 52.0 Å². The number of rotatable bonds is 3. The van der Waals surface area contributed by atoms with Crippen LogP contribution in [0.2, 0.25) is 0 Å². The Morgan fingerprint density at radius 1 is 1.11 bits per heavy atom. The topological polar surface area (TPSA) is 75.6 Å². The molecule has 148 valence electrons. The van der Waals surface area contributed by atoms with E-state index < -0.39 is 47.1 Å². The lowest BCUT2D eigenvalue weighted by molar-refractivity contribution is -0.133. The number of halogens is 3. The Morgan fingerprint density at radius 3 is 2.26 bits per heavy atom. The molecular weight excluding hydrogens is 363 g/mol. The second-order valence-corrected chi connectivity index (χ2v) is 7.62. The molecule has 8 heteroatoms. The number of carbonyl (C=O) groups is 2. The fourth-order valence-corrected chi connectivity index (χ4v) is 3.16. The summed E-state index contributed by atoms with van der Waals surface area (Å²) in [6, 6.07) is 0.341. The van der Waals surface area contributed by atoms with Crippen molar-refractivity contribution in [2.45, 2.75) is 58.1 Å². The summed E-state index contributed by atoms with van der Waals surface area (Å²) in [6.07, 6.45) is -0.821. The van der Waals surface area contributed by atoms with E-state index in [0.717, 1.165) is 6.07 Å². The van der Waals surface area contributed by atoms with E-state index >= 15 is 0 Å². The van der Waals surface area contributed by atoms with E-state index in [1.165, 1.54) is 0 Å². The van der Waals surface area contributed by atoms with Gasteiger partial charge in [0.1, 0.15) is 11.4 Å². The van der Waals surface area contributed by atoms with Crippen LogP contribution in [0.4, 0.5) is 18.0 Å². The van der Waals surface area contributed by atoms with Crippen LogP contribution >= 0.6 is 0 Å². The smallest absolute Gasteiger partial charge is 0.407 e. The molecule has 1 aromatic carbocycles. The molecule has 2 N–H and O–H groups in total. The molecule has 0 saturated heterocycles. The van der Waals surface area contributed by atoms with Crippen molar-refractivity contribution in [2.75, 3.05) is 0 Å². The highest BCUT2D eigenvalue weighted by molar-refractivity contribution is 5.88. The summed E-state index contributed by atoms with van der Waals surface area (Å²) in [7, 11) is 0. The molecule has 0 bridgehead atoms. The van der Waals surface area contributed by atoms with Gasteiger partial charge in [0.25, 0.3) is 0 Å². The van der Waals surface area contributed by atoms with Gasteiger partial charge in [-0.25, -0.2) is 22.8 Å². The van der Waals surface area contributed by atoms with Crippen LogP contribution in [-0.4, -0.2) is 28.8 Å². The minimum Gasteiger partial charge on any atom is -0.478 e. The normalized spacial score (nSPS) is 20.4. The number of benzene rings is 1. The number of ether oxygens (including phenoxy) is 1. The Bertz CT molecular complexity index is 799. The van der Waals surface area contributed by atoms with Crippen molar-refractivity contribution in [3.8, 4) is 0 Å². The second kappa shape index (κ2) is 7.62. The number of carboxylic acid groups (broad SMARTS) is 1. The molecule has 0 radical (unpaired) electrons. The highest BCUT2D eigenvalue weighted by Crippen LogP contribution is 2.38. The third-order valence-corrected chi connectivity index (χ3v) is 4.35. The minimum absolute atomic E-state index is 0.0735. The lowest BCUT2D eigenvalue weighted by atomic mass is 9.76. The Hall–Kier alpha value is -2.51. The standard InChI is InChI=1S/C19H22F3NO4/c1-9-5-12(11-6-14(21)15(22)8-13(11)20)16(7-10(9)17(24)25)23-18(26)27-19(2,3)4/h6,8,12,16H,5,7H2,1-4H3,(H,23,26)(H,24,25)/t12-,16+/m0/s1. The van der Waals surface area contributed by atoms with E-state index in [1.807, 2.05) is 0 Å². The number of nitrogens with one attached hydrogen (secondary N) is 1. The summed E-state index contributed by atoms with van der Waals surface area (Å²) in [5.41, 5.74) is -0.337. The fourth-order valence-electron chi connectivity index (χ4n) is 3.16. The Labute approximate surface area is 155 Å². The van der Waals surface area contributed by atoms with Crippen molar-refractivity contribution < 1.29 is 32.6 Å². The van der Waals surface area contributed by atoms with Gasteiger partial charge < -0.3 is 15.2 Å². The fraction of sp³-hybridized carbons (Fsp3) is 0.474. The second-order valence-electron chi connectivity index (χ2n) is 7.62. The number of carbonyl (C=O) groups excluding carboxylic acids is 1. The van der Waals surface area contributed by atoms with Gasteiger partial charge >= 0.3 is 12.1 Å². The van der Waals surface area contributed by atoms with E-state index in [2.05, 4.69) is 5.32 Å². The molecule has 2 rings (SSSR count). The number of allylic oxidation sites excluding steroid dienone is 1. The average molecular weight is 385 g/mol. The van der Waals surface area contributed by atoms with Crippen LogP contribution in [0.15, 0.2) is 23.3 Å². The van der Waals surface area contributed by atoms with E-state index in [-0.39, 0.29) is 24.0 Å². The van der Waals surface area contributed by atoms with E-state index in [1.54, 1.807) is 27.7 Å². The summed E-state index contributed by atoms with van der Waals surface area (Å²) < 4.78 is 46.4. The number of alkyl carbamates (subject to hydrolysis) is 1. The molecule has 1 amide bonds. The largest absolute Gasteiger partial charge is 0.478 e. The summed E-state index contributed by atoms with van der Waals surface area (Å²) >= 11 is 0. The molecule has 0 aromatic heterocycles. The molecule has 0 saturated carbocycles.